The lowest BCUT2D eigenvalue weighted by atomic mass is 9.86. The second-order valence-electron chi connectivity index (χ2n) is 9.68. The number of likely N-dealkylation sites (tertiary alicyclic amines) is 1. The molecule has 0 radical (unpaired) electrons. The van der Waals surface area contributed by atoms with E-state index in [1.807, 2.05) is 6.92 Å². The first-order chi connectivity index (χ1) is 17.4. The van der Waals surface area contributed by atoms with Gasteiger partial charge in [0.05, 0.1) is 16.5 Å². The van der Waals surface area contributed by atoms with Crippen molar-refractivity contribution in [2.75, 3.05) is 32.6 Å². The maximum atomic E-state index is 13.7. The van der Waals surface area contributed by atoms with Gasteiger partial charge in [-0.25, -0.2) is 8.42 Å². The molecule has 1 amide bonds. The minimum absolute atomic E-state index is 0. The second-order valence-corrected chi connectivity index (χ2v) is 11.7. The molecule has 0 unspecified atom stereocenters. The molecule has 2 aliphatic heterocycles. The van der Waals surface area contributed by atoms with E-state index in [9.17, 15) is 26.4 Å². The molecular formula is C26H32ClF3N2O5S. The highest BCUT2D eigenvalue weighted by atomic mass is 35.5. The van der Waals surface area contributed by atoms with Gasteiger partial charge in [0.2, 0.25) is 5.91 Å². The predicted molar refractivity (Wildman–Crippen MR) is 138 cm³/mol. The van der Waals surface area contributed by atoms with Crippen LogP contribution in [0, 0.1) is 0 Å². The lowest BCUT2D eigenvalue weighted by Gasteiger charge is -2.43. The fourth-order valence-electron chi connectivity index (χ4n) is 4.97. The third-order valence-corrected chi connectivity index (χ3v) is 8.24. The second kappa shape index (κ2) is 11.8. The number of hydrogen-bond acceptors (Lipinski definition) is 6. The number of ether oxygens (including phenoxy) is 2. The van der Waals surface area contributed by atoms with Crippen molar-refractivity contribution in [3.8, 4) is 5.75 Å². The third kappa shape index (κ3) is 6.80. The average Bonchev–Trinajstić information content (AvgIpc) is 3.32. The van der Waals surface area contributed by atoms with Gasteiger partial charge in [-0.2, -0.15) is 13.2 Å². The Labute approximate surface area is 227 Å². The topological polar surface area (TPSA) is 84.9 Å². The Bertz CT molecular complexity index is 1220. The van der Waals surface area contributed by atoms with E-state index in [2.05, 4.69) is 10.2 Å². The number of rotatable bonds is 7. The van der Waals surface area contributed by atoms with Crippen molar-refractivity contribution < 1.29 is 35.9 Å². The van der Waals surface area contributed by atoms with Gasteiger partial charge in [-0.1, -0.05) is 18.2 Å². The van der Waals surface area contributed by atoms with Crippen LogP contribution in [0.4, 0.5) is 13.2 Å². The quantitative estimate of drug-likeness (QED) is 0.526. The maximum absolute atomic E-state index is 13.7. The monoisotopic (exact) mass is 576 g/mol. The lowest BCUT2D eigenvalue weighted by molar-refractivity contribution is -0.141. The van der Waals surface area contributed by atoms with Crippen LogP contribution in [0.1, 0.15) is 43.4 Å². The maximum Gasteiger partial charge on any atom is 0.416 e. The SMILES string of the molecule is C[C@H](NC(=O)C1(N2CC[C@@H](Oc3cccc(C(F)(F)F)c3)C2)CCOCC1)c1ccc(S(C)(=O)=O)cc1.Cl. The van der Waals surface area contributed by atoms with Crippen molar-refractivity contribution in [3.63, 3.8) is 0 Å². The van der Waals surface area contributed by atoms with Gasteiger partial charge >= 0.3 is 6.18 Å². The van der Waals surface area contributed by atoms with Gasteiger partial charge in [0.15, 0.2) is 9.84 Å². The number of benzene rings is 2. The van der Waals surface area contributed by atoms with Crippen molar-refractivity contribution in [2.24, 2.45) is 0 Å². The van der Waals surface area contributed by atoms with E-state index < -0.39 is 27.1 Å². The minimum Gasteiger partial charge on any atom is -0.489 e. The highest BCUT2D eigenvalue weighted by Crippen LogP contribution is 2.35. The molecule has 0 aliphatic carbocycles. The Morgan fingerprint density at radius 1 is 1.16 bits per heavy atom. The fourth-order valence-corrected chi connectivity index (χ4v) is 5.60. The summed E-state index contributed by atoms with van der Waals surface area (Å²) >= 11 is 0. The van der Waals surface area contributed by atoms with E-state index in [1.54, 1.807) is 12.1 Å². The van der Waals surface area contributed by atoms with Crippen LogP contribution in [-0.2, 0) is 25.5 Å². The van der Waals surface area contributed by atoms with E-state index in [-0.39, 0.29) is 41.1 Å². The molecule has 2 atom stereocenters. The molecule has 7 nitrogen and oxygen atoms in total. The summed E-state index contributed by atoms with van der Waals surface area (Å²) in [7, 11) is -3.32. The van der Waals surface area contributed by atoms with E-state index in [0.717, 1.165) is 24.0 Å². The van der Waals surface area contributed by atoms with Crippen LogP contribution in [0.15, 0.2) is 53.4 Å². The fraction of sp³-hybridized carbons (Fsp3) is 0.500. The molecule has 0 saturated carbocycles. The van der Waals surface area contributed by atoms with E-state index in [1.165, 1.54) is 24.3 Å². The molecule has 2 heterocycles. The number of carbonyl (C=O) groups excluding carboxylic acids is 1. The van der Waals surface area contributed by atoms with Crippen LogP contribution in [0.3, 0.4) is 0 Å². The number of amides is 1. The Morgan fingerprint density at radius 2 is 1.82 bits per heavy atom. The van der Waals surface area contributed by atoms with Gasteiger partial charge in [0, 0.05) is 32.6 Å². The zero-order valence-corrected chi connectivity index (χ0v) is 22.8. The molecule has 2 aromatic carbocycles. The standard InChI is InChI=1S/C26H31F3N2O5S.ClH/c1-18(19-6-8-23(9-7-19)37(2,33)34)30-24(32)25(11-14-35-15-12-25)31-13-10-22(17-31)36-21-5-3-4-20(16-21)26(27,28)29;/h3-9,16,18,22H,10-15,17H2,1-2H3,(H,30,32);1H/t18-,22+;/m0./s1. The van der Waals surface area contributed by atoms with Crippen LogP contribution in [0.5, 0.6) is 5.75 Å². The zero-order valence-electron chi connectivity index (χ0n) is 21.2. The van der Waals surface area contributed by atoms with E-state index >= 15 is 0 Å². The van der Waals surface area contributed by atoms with Crippen molar-refractivity contribution in [1.82, 2.24) is 10.2 Å². The smallest absolute Gasteiger partial charge is 0.416 e. The molecule has 0 spiro atoms. The number of nitrogens with one attached hydrogen (secondary N) is 1. The molecule has 2 saturated heterocycles. The molecule has 1 N–H and O–H groups in total. The average molecular weight is 577 g/mol. The van der Waals surface area contributed by atoms with Crippen molar-refractivity contribution in [1.29, 1.82) is 0 Å². The first kappa shape index (κ1) is 30.2. The summed E-state index contributed by atoms with van der Waals surface area (Å²) < 4.78 is 74.1. The van der Waals surface area contributed by atoms with Crippen LogP contribution in [0.25, 0.3) is 0 Å². The summed E-state index contributed by atoms with van der Waals surface area (Å²) in [5.41, 5.74) is -0.820. The molecule has 2 aliphatic rings. The number of hydrogen-bond donors (Lipinski definition) is 1. The first-order valence-corrected chi connectivity index (χ1v) is 14.1. The molecule has 2 aromatic rings. The Kier molecular flexibility index (Phi) is 9.39. The normalized spacial score (nSPS) is 20.8. The van der Waals surface area contributed by atoms with Gasteiger partial charge in [0.25, 0.3) is 0 Å². The molecule has 12 heteroatoms. The molecular weight excluding hydrogens is 545 g/mol. The van der Waals surface area contributed by atoms with Crippen molar-refractivity contribution >= 4 is 28.2 Å². The molecule has 2 fully saturated rings. The van der Waals surface area contributed by atoms with Gasteiger partial charge in [0.1, 0.15) is 17.4 Å². The summed E-state index contributed by atoms with van der Waals surface area (Å²) in [4.78, 5) is 15.9. The number of carbonyl (C=O) groups is 1. The number of nitrogens with zero attached hydrogens (tertiary/aromatic N) is 1. The summed E-state index contributed by atoms with van der Waals surface area (Å²) in [5, 5.41) is 3.08. The number of alkyl halides is 3. The van der Waals surface area contributed by atoms with E-state index in [0.29, 0.717) is 45.6 Å². The van der Waals surface area contributed by atoms with Crippen molar-refractivity contribution in [3.05, 3.63) is 59.7 Å². The molecule has 0 aromatic heterocycles. The lowest BCUT2D eigenvalue weighted by Crippen LogP contribution is -2.61. The zero-order chi connectivity index (χ0) is 26.8. The van der Waals surface area contributed by atoms with Gasteiger partial charge in [-0.05, 0) is 62.1 Å². The highest BCUT2D eigenvalue weighted by Gasteiger charge is 2.48. The van der Waals surface area contributed by atoms with Crippen LogP contribution in [-0.4, -0.2) is 63.4 Å². The van der Waals surface area contributed by atoms with Gasteiger partial charge in [-0.3, -0.25) is 9.69 Å². The number of sulfone groups is 1. The summed E-state index contributed by atoms with van der Waals surface area (Å²) in [5.74, 6) is -0.00600. The largest absolute Gasteiger partial charge is 0.489 e. The van der Waals surface area contributed by atoms with Crippen molar-refractivity contribution in [2.45, 2.75) is 54.9 Å². The summed E-state index contributed by atoms with van der Waals surface area (Å²) in [6.07, 6.45) is -2.12. The third-order valence-electron chi connectivity index (χ3n) is 7.11. The van der Waals surface area contributed by atoms with Gasteiger partial charge < -0.3 is 14.8 Å². The molecule has 38 heavy (non-hydrogen) atoms. The Morgan fingerprint density at radius 3 is 2.42 bits per heavy atom. The van der Waals surface area contributed by atoms with Crippen LogP contribution < -0.4 is 10.1 Å². The Hall–Kier alpha value is -2.34. The van der Waals surface area contributed by atoms with Crippen LogP contribution in [0.2, 0.25) is 0 Å². The molecule has 4 rings (SSSR count). The minimum atomic E-state index is -4.45. The highest BCUT2D eigenvalue weighted by molar-refractivity contribution is 7.90. The molecule has 0 bridgehead atoms. The summed E-state index contributed by atoms with van der Waals surface area (Å²) in [6.45, 7) is 3.64. The predicted octanol–water partition coefficient (Wildman–Crippen LogP) is 4.41. The number of halogens is 4. The first-order valence-electron chi connectivity index (χ1n) is 12.2. The Balaban J connectivity index is 0.00000400. The van der Waals surface area contributed by atoms with Gasteiger partial charge in [-0.15, -0.1) is 12.4 Å². The molecule has 210 valence electrons. The summed E-state index contributed by atoms with van der Waals surface area (Å²) in [6, 6.07) is 10.9. The van der Waals surface area contributed by atoms with E-state index in [4.69, 9.17) is 9.47 Å². The van der Waals surface area contributed by atoms with Crippen LogP contribution >= 0.6 is 12.4 Å².